The van der Waals surface area contributed by atoms with Gasteiger partial charge in [0.15, 0.2) is 0 Å². The van der Waals surface area contributed by atoms with Gasteiger partial charge in [-0.25, -0.2) is 0 Å². The van der Waals surface area contributed by atoms with E-state index in [4.69, 9.17) is 10.2 Å². The van der Waals surface area contributed by atoms with Crippen LogP contribution in [0.1, 0.15) is 19.3 Å². The summed E-state index contributed by atoms with van der Waals surface area (Å²) in [6.45, 7) is 5.18. The Hall–Kier alpha value is -1.36. The zero-order chi connectivity index (χ0) is 11.7. The molecule has 5 nitrogen and oxygen atoms in total. The van der Waals surface area contributed by atoms with Crippen molar-refractivity contribution in [3.8, 4) is 0 Å². The number of hydrogen-bond acceptors (Lipinski definition) is 3. The Bertz CT molecular complexity index is 227. The average molecular weight is 215 g/mol. The fourth-order valence-corrected chi connectivity index (χ4v) is 1.18. The number of hydrogen-bond donors (Lipinski definition) is 2. The van der Waals surface area contributed by atoms with E-state index in [0.29, 0.717) is 26.1 Å². The fourth-order valence-electron chi connectivity index (χ4n) is 1.18. The van der Waals surface area contributed by atoms with E-state index in [1.165, 1.54) is 0 Å². The van der Waals surface area contributed by atoms with E-state index < -0.39 is 11.9 Å². The molecule has 0 bridgehead atoms. The summed E-state index contributed by atoms with van der Waals surface area (Å²) >= 11 is 0. The first-order valence-electron chi connectivity index (χ1n) is 4.83. The van der Waals surface area contributed by atoms with E-state index >= 15 is 0 Å². The predicted octanol–water partition coefficient (Wildman–Crippen LogP) is 0.814. The lowest BCUT2D eigenvalue weighted by Crippen LogP contribution is -2.28. The minimum Gasteiger partial charge on any atom is -0.481 e. The van der Waals surface area contributed by atoms with Crippen LogP contribution in [-0.4, -0.2) is 46.7 Å². The van der Waals surface area contributed by atoms with Gasteiger partial charge >= 0.3 is 11.9 Å². The van der Waals surface area contributed by atoms with E-state index in [2.05, 4.69) is 6.58 Å². The molecule has 0 aliphatic carbocycles. The second-order valence-corrected chi connectivity index (χ2v) is 3.23. The largest absolute Gasteiger partial charge is 0.481 e. The van der Waals surface area contributed by atoms with Crippen molar-refractivity contribution in [1.82, 2.24) is 4.90 Å². The van der Waals surface area contributed by atoms with Crippen molar-refractivity contribution in [2.75, 3.05) is 19.6 Å². The fraction of sp³-hybridized carbons (Fsp3) is 0.600. The lowest BCUT2D eigenvalue weighted by molar-refractivity contribution is -0.138. The number of nitrogens with zero attached hydrogens (tertiary/aromatic N) is 1. The van der Waals surface area contributed by atoms with Crippen molar-refractivity contribution in [3.05, 3.63) is 12.7 Å². The standard InChI is InChI=1S/C10H17NO4/c1-2-6-11(8-5-10(14)15)7-3-4-9(12)13/h2H,1,3-8H2,(H,12,13)(H,14,15). The van der Waals surface area contributed by atoms with Gasteiger partial charge in [0.1, 0.15) is 0 Å². The molecule has 0 saturated carbocycles. The molecule has 0 fully saturated rings. The smallest absolute Gasteiger partial charge is 0.304 e. The van der Waals surface area contributed by atoms with E-state index in [0.717, 1.165) is 0 Å². The van der Waals surface area contributed by atoms with Crippen molar-refractivity contribution >= 4 is 11.9 Å². The normalized spacial score (nSPS) is 10.2. The molecule has 0 radical (unpaired) electrons. The lowest BCUT2D eigenvalue weighted by Gasteiger charge is -2.18. The average Bonchev–Trinajstić information content (AvgIpc) is 2.13. The molecule has 0 spiro atoms. The third-order valence-electron chi connectivity index (χ3n) is 1.89. The SMILES string of the molecule is C=CCN(CCCC(=O)O)CCC(=O)O. The Morgan fingerprint density at radius 3 is 2.20 bits per heavy atom. The molecule has 0 aliphatic rings. The first kappa shape index (κ1) is 13.6. The zero-order valence-electron chi connectivity index (χ0n) is 8.69. The van der Waals surface area contributed by atoms with Gasteiger partial charge in [-0.1, -0.05) is 6.08 Å². The minimum absolute atomic E-state index is 0.0703. The van der Waals surface area contributed by atoms with Crippen molar-refractivity contribution in [2.24, 2.45) is 0 Å². The van der Waals surface area contributed by atoms with Crippen LogP contribution in [0.3, 0.4) is 0 Å². The molecular formula is C10H17NO4. The summed E-state index contributed by atoms with van der Waals surface area (Å²) < 4.78 is 0. The van der Waals surface area contributed by atoms with Gasteiger partial charge in [-0.15, -0.1) is 6.58 Å². The molecule has 15 heavy (non-hydrogen) atoms. The maximum absolute atomic E-state index is 10.3. The number of carbonyl (C=O) groups is 2. The molecule has 0 aromatic rings. The van der Waals surface area contributed by atoms with Gasteiger partial charge in [0.2, 0.25) is 0 Å². The maximum Gasteiger partial charge on any atom is 0.304 e. The van der Waals surface area contributed by atoms with Gasteiger partial charge in [-0.05, 0) is 13.0 Å². The van der Waals surface area contributed by atoms with Crippen LogP contribution >= 0.6 is 0 Å². The molecule has 0 aromatic carbocycles. The summed E-state index contributed by atoms with van der Waals surface area (Å²) in [7, 11) is 0. The summed E-state index contributed by atoms with van der Waals surface area (Å²) in [4.78, 5) is 22.5. The minimum atomic E-state index is -0.845. The predicted molar refractivity (Wildman–Crippen MR) is 55.8 cm³/mol. The summed E-state index contributed by atoms with van der Waals surface area (Å²) in [6.07, 6.45) is 2.40. The summed E-state index contributed by atoms with van der Waals surface area (Å²) in [6, 6.07) is 0. The number of carboxylic acid groups (broad SMARTS) is 2. The first-order valence-corrected chi connectivity index (χ1v) is 4.83. The molecule has 0 rings (SSSR count). The topological polar surface area (TPSA) is 77.8 Å². The van der Waals surface area contributed by atoms with E-state index in [9.17, 15) is 9.59 Å². The molecule has 0 unspecified atom stereocenters. The highest BCUT2D eigenvalue weighted by Gasteiger charge is 2.06. The number of rotatable bonds is 9. The van der Waals surface area contributed by atoms with Gasteiger partial charge in [-0.2, -0.15) is 0 Å². The van der Waals surface area contributed by atoms with Crippen LogP contribution in [-0.2, 0) is 9.59 Å². The second kappa shape index (κ2) is 7.99. The first-order chi connectivity index (χ1) is 7.06. The van der Waals surface area contributed by atoms with Gasteiger partial charge in [0.05, 0.1) is 6.42 Å². The Labute approximate surface area is 89.0 Å². The van der Waals surface area contributed by atoms with Gasteiger partial charge in [0.25, 0.3) is 0 Å². The summed E-state index contributed by atoms with van der Waals surface area (Å²) in [5.74, 6) is -1.67. The van der Waals surface area contributed by atoms with Crippen LogP contribution in [0.5, 0.6) is 0 Å². The highest BCUT2D eigenvalue weighted by Crippen LogP contribution is 1.97. The second-order valence-electron chi connectivity index (χ2n) is 3.23. The highest BCUT2D eigenvalue weighted by atomic mass is 16.4. The Morgan fingerprint density at radius 1 is 1.13 bits per heavy atom. The molecule has 0 amide bonds. The van der Waals surface area contributed by atoms with Gasteiger partial charge in [0, 0.05) is 19.5 Å². The van der Waals surface area contributed by atoms with Crippen LogP contribution in [0.2, 0.25) is 0 Å². The van der Waals surface area contributed by atoms with Crippen molar-refractivity contribution in [1.29, 1.82) is 0 Å². The quantitative estimate of drug-likeness (QED) is 0.556. The molecule has 5 heteroatoms. The van der Waals surface area contributed by atoms with Crippen molar-refractivity contribution in [2.45, 2.75) is 19.3 Å². The molecular weight excluding hydrogens is 198 g/mol. The lowest BCUT2D eigenvalue weighted by atomic mass is 10.2. The van der Waals surface area contributed by atoms with E-state index in [1.54, 1.807) is 6.08 Å². The van der Waals surface area contributed by atoms with Crippen LogP contribution in [0.25, 0.3) is 0 Å². The molecule has 86 valence electrons. The molecule has 0 aliphatic heterocycles. The zero-order valence-corrected chi connectivity index (χ0v) is 8.69. The van der Waals surface area contributed by atoms with E-state index in [-0.39, 0.29) is 12.8 Å². The molecule has 0 aromatic heterocycles. The Kier molecular flexibility index (Phi) is 7.27. The van der Waals surface area contributed by atoms with Crippen molar-refractivity contribution in [3.63, 3.8) is 0 Å². The van der Waals surface area contributed by atoms with Gasteiger partial charge < -0.3 is 10.2 Å². The Balaban J connectivity index is 3.76. The Morgan fingerprint density at radius 2 is 1.73 bits per heavy atom. The van der Waals surface area contributed by atoms with Crippen LogP contribution in [0.15, 0.2) is 12.7 Å². The summed E-state index contributed by atoms with van der Waals surface area (Å²) in [5, 5.41) is 16.9. The molecule has 0 saturated heterocycles. The van der Waals surface area contributed by atoms with E-state index in [1.807, 2.05) is 4.90 Å². The third kappa shape index (κ3) is 8.96. The van der Waals surface area contributed by atoms with Crippen LogP contribution < -0.4 is 0 Å². The van der Waals surface area contributed by atoms with Crippen molar-refractivity contribution < 1.29 is 19.8 Å². The van der Waals surface area contributed by atoms with Crippen LogP contribution in [0.4, 0.5) is 0 Å². The summed E-state index contributed by atoms with van der Waals surface area (Å²) in [5.41, 5.74) is 0. The highest BCUT2D eigenvalue weighted by molar-refractivity contribution is 5.67. The van der Waals surface area contributed by atoms with Crippen LogP contribution in [0, 0.1) is 0 Å². The van der Waals surface area contributed by atoms with Gasteiger partial charge in [-0.3, -0.25) is 14.5 Å². The molecule has 0 heterocycles. The molecule has 0 atom stereocenters. The maximum atomic E-state index is 10.3. The third-order valence-corrected chi connectivity index (χ3v) is 1.89. The monoisotopic (exact) mass is 215 g/mol. The number of aliphatic carboxylic acids is 2. The number of carboxylic acids is 2. The molecule has 2 N–H and O–H groups in total.